The lowest BCUT2D eigenvalue weighted by Gasteiger charge is -2.11. The number of carboxylic acids is 2. The van der Waals surface area contributed by atoms with Crippen molar-refractivity contribution in [2.24, 2.45) is 0 Å². The van der Waals surface area contributed by atoms with Crippen LogP contribution in [0.1, 0.15) is 27.5 Å². The van der Waals surface area contributed by atoms with Gasteiger partial charge in [0.15, 0.2) is 10.9 Å². The molecule has 0 fully saturated rings. The van der Waals surface area contributed by atoms with Gasteiger partial charge in [0.2, 0.25) is 11.5 Å². The number of carboxylic acid groups (broad SMARTS) is 2. The zero-order valence-electron chi connectivity index (χ0n) is 16.9. The second kappa shape index (κ2) is 8.87. The van der Waals surface area contributed by atoms with E-state index in [1.54, 1.807) is 24.3 Å². The van der Waals surface area contributed by atoms with E-state index in [1.807, 2.05) is 0 Å². The van der Waals surface area contributed by atoms with E-state index in [2.05, 4.69) is 0 Å². The predicted molar refractivity (Wildman–Crippen MR) is 114 cm³/mol. The third kappa shape index (κ3) is 4.40. The van der Waals surface area contributed by atoms with Crippen molar-refractivity contribution in [1.29, 1.82) is 0 Å². The number of hydrogen-bond donors (Lipinski definition) is 2. The maximum Gasteiger partial charge on any atom is 0.371 e. The molecule has 0 aliphatic rings. The van der Waals surface area contributed by atoms with Crippen LogP contribution in [0.3, 0.4) is 0 Å². The summed E-state index contributed by atoms with van der Waals surface area (Å²) in [6, 6.07) is 11.0. The van der Waals surface area contributed by atoms with Gasteiger partial charge in [0, 0.05) is 18.6 Å². The van der Waals surface area contributed by atoms with Gasteiger partial charge in [-0.05, 0) is 24.3 Å². The summed E-state index contributed by atoms with van der Waals surface area (Å²) in [4.78, 5) is 46.8. The monoisotopic (exact) mass is 452 g/mol. The Kier molecular flexibility index (Phi) is 5.81. The van der Waals surface area contributed by atoms with E-state index in [4.69, 9.17) is 28.5 Å². The lowest BCUT2D eigenvalue weighted by molar-refractivity contribution is 0.0653. The summed E-state index contributed by atoms with van der Waals surface area (Å²) in [6.07, 6.45) is 0.379. The second-order valence-electron chi connectivity index (χ2n) is 6.87. The number of rotatable bonds is 8. The SMILES string of the molecule is O=C(O)c1cc(=O)c2c(OCCCOc3cccc4oc(C(=O)O)cc(=O)c34)cccc2o1. The van der Waals surface area contributed by atoms with Crippen LogP contribution in [0.25, 0.3) is 21.9 Å². The molecular weight excluding hydrogens is 436 g/mol. The Labute approximate surface area is 184 Å². The number of fused-ring (bicyclic) bond motifs is 2. The van der Waals surface area contributed by atoms with E-state index in [1.165, 1.54) is 12.1 Å². The fourth-order valence-corrected chi connectivity index (χ4v) is 3.23. The molecule has 0 atom stereocenters. The number of benzene rings is 2. The van der Waals surface area contributed by atoms with Crippen LogP contribution in [0.15, 0.2) is 67.0 Å². The van der Waals surface area contributed by atoms with Crippen LogP contribution in [0.2, 0.25) is 0 Å². The third-order valence-electron chi connectivity index (χ3n) is 4.66. The van der Waals surface area contributed by atoms with E-state index in [0.717, 1.165) is 12.1 Å². The molecule has 0 unspecified atom stereocenters. The lowest BCUT2D eigenvalue weighted by atomic mass is 10.2. The van der Waals surface area contributed by atoms with E-state index >= 15 is 0 Å². The molecule has 33 heavy (non-hydrogen) atoms. The molecule has 10 nitrogen and oxygen atoms in total. The normalized spacial score (nSPS) is 10.9. The molecular formula is C23H16O10. The van der Waals surface area contributed by atoms with Crippen LogP contribution >= 0.6 is 0 Å². The highest BCUT2D eigenvalue weighted by Gasteiger charge is 2.15. The summed E-state index contributed by atoms with van der Waals surface area (Å²) in [5, 5.41) is 18.3. The summed E-state index contributed by atoms with van der Waals surface area (Å²) in [7, 11) is 0. The molecule has 0 amide bonds. The van der Waals surface area contributed by atoms with Gasteiger partial charge >= 0.3 is 11.9 Å². The molecule has 168 valence electrons. The lowest BCUT2D eigenvalue weighted by Crippen LogP contribution is -2.11. The molecule has 2 aromatic carbocycles. The molecule has 0 spiro atoms. The first-order valence-electron chi connectivity index (χ1n) is 9.71. The number of aromatic carboxylic acids is 2. The summed E-state index contributed by atoms with van der Waals surface area (Å²) in [5.74, 6) is -3.14. The largest absolute Gasteiger partial charge is 0.493 e. The first-order valence-corrected chi connectivity index (χ1v) is 9.71. The van der Waals surface area contributed by atoms with Gasteiger partial charge in [-0.1, -0.05) is 12.1 Å². The van der Waals surface area contributed by atoms with Crippen molar-refractivity contribution in [3.63, 3.8) is 0 Å². The van der Waals surface area contributed by atoms with Crippen LogP contribution in [0, 0.1) is 0 Å². The number of carbonyl (C=O) groups is 2. The van der Waals surface area contributed by atoms with Gasteiger partial charge in [-0.15, -0.1) is 0 Å². The minimum Gasteiger partial charge on any atom is -0.493 e. The number of hydrogen-bond acceptors (Lipinski definition) is 8. The Hall–Kier alpha value is -4.60. The van der Waals surface area contributed by atoms with E-state index in [-0.39, 0.29) is 46.7 Å². The fraction of sp³-hybridized carbons (Fsp3) is 0.130. The van der Waals surface area contributed by atoms with Gasteiger partial charge in [-0.3, -0.25) is 9.59 Å². The average molecular weight is 452 g/mol. The van der Waals surface area contributed by atoms with E-state index in [9.17, 15) is 19.2 Å². The minimum atomic E-state index is -1.35. The van der Waals surface area contributed by atoms with Crippen molar-refractivity contribution < 1.29 is 38.1 Å². The van der Waals surface area contributed by atoms with Crippen LogP contribution in [0.4, 0.5) is 0 Å². The topological polar surface area (TPSA) is 153 Å². The first kappa shape index (κ1) is 21.6. The second-order valence-corrected chi connectivity index (χ2v) is 6.87. The van der Waals surface area contributed by atoms with Crippen molar-refractivity contribution in [3.8, 4) is 11.5 Å². The zero-order valence-corrected chi connectivity index (χ0v) is 16.9. The van der Waals surface area contributed by atoms with Crippen molar-refractivity contribution >= 4 is 33.9 Å². The average Bonchev–Trinajstić information content (AvgIpc) is 2.78. The molecule has 0 radical (unpaired) electrons. The van der Waals surface area contributed by atoms with Gasteiger partial charge in [-0.2, -0.15) is 0 Å². The van der Waals surface area contributed by atoms with Crippen molar-refractivity contribution in [3.05, 3.63) is 80.5 Å². The highest BCUT2D eigenvalue weighted by Crippen LogP contribution is 2.25. The molecule has 2 N–H and O–H groups in total. The quantitative estimate of drug-likeness (QED) is 0.381. The Morgan fingerprint density at radius 2 is 1.15 bits per heavy atom. The highest BCUT2D eigenvalue weighted by molar-refractivity contribution is 5.90. The van der Waals surface area contributed by atoms with Crippen molar-refractivity contribution in [2.45, 2.75) is 6.42 Å². The Morgan fingerprint density at radius 3 is 1.55 bits per heavy atom. The Balaban J connectivity index is 1.44. The van der Waals surface area contributed by atoms with Crippen LogP contribution in [-0.4, -0.2) is 35.4 Å². The summed E-state index contributed by atoms with van der Waals surface area (Å²) < 4.78 is 21.8. The molecule has 2 heterocycles. The fourth-order valence-electron chi connectivity index (χ4n) is 3.23. The molecule has 2 aromatic heterocycles. The van der Waals surface area contributed by atoms with Crippen molar-refractivity contribution in [2.75, 3.05) is 13.2 Å². The summed E-state index contributed by atoms with van der Waals surface area (Å²) in [6.45, 7) is 0.309. The summed E-state index contributed by atoms with van der Waals surface area (Å²) >= 11 is 0. The zero-order chi connectivity index (χ0) is 23.5. The van der Waals surface area contributed by atoms with E-state index < -0.39 is 34.3 Å². The van der Waals surface area contributed by atoms with Gasteiger partial charge in [-0.25, -0.2) is 9.59 Å². The minimum absolute atomic E-state index is 0.0943. The Bertz CT molecular complexity index is 1380. The van der Waals surface area contributed by atoms with Crippen LogP contribution in [0.5, 0.6) is 11.5 Å². The summed E-state index contributed by atoms with van der Waals surface area (Å²) in [5.41, 5.74) is -0.888. The third-order valence-corrected chi connectivity index (χ3v) is 4.66. The maximum atomic E-state index is 12.3. The van der Waals surface area contributed by atoms with Gasteiger partial charge in [0.05, 0.1) is 13.2 Å². The smallest absolute Gasteiger partial charge is 0.371 e. The molecule has 10 heteroatoms. The molecule has 0 saturated heterocycles. The highest BCUT2D eigenvalue weighted by atomic mass is 16.5. The van der Waals surface area contributed by atoms with Crippen molar-refractivity contribution in [1.82, 2.24) is 0 Å². The van der Waals surface area contributed by atoms with Gasteiger partial charge in [0.25, 0.3) is 0 Å². The molecule has 0 aliphatic carbocycles. The molecule has 0 aliphatic heterocycles. The molecule has 4 aromatic rings. The molecule has 0 bridgehead atoms. The molecule has 0 saturated carbocycles. The van der Waals surface area contributed by atoms with Crippen LogP contribution < -0.4 is 20.3 Å². The molecule has 4 rings (SSSR count). The maximum absolute atomic E-state index is 12.3. The van der Waals surface area contributed by atoms with Gasteiger partial charge < -0.3 is 28.5 Å². The Morgan fingerprint density at radius 1 is 0.727 bits per heavy atom. The van der Waals surface area contributed by atoms with Crippen LogP contribution in [-0.2, 0) is 0 Å². The van der Waals surface area contributed by atoms with E-state index in [0.29, 0.717) is 6.42 Å². The number of ether oxygens (including phenoxy) is 2. The predicted octanol–water partition coefficient (Wildman–Crippen LogP) is 3.14. The standard InChI is InChI=1S/C23H16O10/c24-12-10-18(22(26)27)32-16-6-1-4-14(20(12)16)30-8-3-9-31-15-5-2-7-17-21(15)13(25)11-19(33-17)23(28)29/h1-2,4-7,10-11H,3,8-9H2,(H,26,27)(H,28,29). The van der Waals surface area contributed by atoms with Gasteiger partial charge in [0.1, 0.15) is 33.4 Å². The first-order chi connectivity index (χ1) is 15.8.